The third-order valence-corrected chi connectivity index (χ3v) is 3.89. The van der Waals surface area contributed by atoms with Crippen molar-refractivity contribution in [2.24, 2.45) is 0 Å². The van der Waals surface area contributed by atoms with Crippen LogP contribution in [0.4, 0.5) is 10.5 Å². The number of rotatable bonds is 6. The van der Waals surface area contributed by atoms with Crippen molar-refractivity contribution in [3.63, 3.8) is 0 Å². The highest BCUT2D eigenvalue weighted by Gasteiger charge is 2.05. The second-order valence-corrected chi connectivity index (χ2v) is 7.36. The predicted molar refractivity (Wildman–Crippen MR) is 90.0 cm³/mol. The Balaban J connectivity index is 1.79. The van der Waals surface area contributed by atoms with Crippen LogP contribution in [0.5, 0.6) is 0 Å². The number of urea groups is 1. The Morgan fingerprint density at radius 3 is 2.48 bits per heavy atom. The van der Waals surface area contributed by atoms with Crippen LogP contribution in [-0.2, 0) is 22.0 Å². The Kier molecular flexibility index (Phi) is 5.70. The smallest absolute Gasteiger partial charge is 0.319 e. The number of anilines is 1. The third kappa shape index (κ3) is 6.48. The van der Waals surface area contributed by atoms with E-state index in [0.29, 0.717) is 24.2 Å². The summed E-state index contributed by atoms with van der Waals surface area (Å²) in [5.74, 6) is -0.0104. The molecule has 6 nitrogen and oxygen atoms in total. The molecule has 122 valence electrons. The van der Waals surface area contributed by atoms with Gasteiger partial charge in [-0.15, -0.1) is 0 Å². The summed E-state index contributed by atoms with van der Waals surface area (Å²) < 4.78 is 22.4. The molecule has 0 bridgehead atoms. The number of nitrogens with zero attached hydrogens (tertiary/aromatic N) is 1. The van der Waals surface area contributed by atoms with Gasteiger partial charge in [-0.1, -0.05) is 18.2 Å². The van der Waals surface area contributed by atoms with Crippen LogP contribution in [-0.4, -0.2) is 32.2 Å². The molecule has 0 unspecified atom stereocenters. The predicted octanol–water partition coefficient (Wildman–Crippen LogP) is 1.99. The Labute approximate surface area is 135 Å². The number of sulfone groups is 1. The van der Waals surface area contributed by atoms with Gasteiger partial charge >= 0.3 is 6.03 Å². The van der Waals surface area contributed by atoms with Crippen molar-refractivity contribution in [3.8, 4) is 0 Å². The van der Waals surface area contributed by atoms with Gasteiger partial charge in [-0.3, -0.25) is 4.98 Å². The SMILES string of the molecule is CS(=O)(=O)Cc1ccc(NC(=O)NCCc2ccccn2)cc1. The summed E-state index contributed by atoms with van der Waals surface area (Å²) in [5.41, 5.74) is 2.21. The fourth-order valence-corrected chi connectivity index (χ4v) is 2.81. The van der Waals surface area contributed by atoms with E-state index in [1.54, 1.807) is 30.5 Å². The molecule has 0 saturated carbocycles. The molecule has 0 radical (unpaired) electrons. The molecule has 1 aromatic carbocycles. The zero-order valence-electron chi connectivity index (χ0n) is 12.8. The van der Waals surface area contributed by atoms with Gasteiger partial charge in [0, 0.05) is 36.8 Å². The Hall–Kier alpha value is -2.41. The summed E-state index contributed by atoms with van der Waals surface area (Å²) in [5, 5.41) is 5.44. The normalized spacial score (nSPS) is 11.0. The first-order valence-electron chi connectivity index (χ1n) is 7.14. The minimum Gasteiger partial charge on any atom is -0.337 e. The molecule has 0 spiro atoms. The number of carbonyl (C=O) groups is 1. The minimum absolute atomic E-state index is 0.0104. The van der Waals surface area contributed by atoms with E-state index in [2.05, 4.69) is 15.6 Å². The highest BCUT2D eigenvalue weighted by Crippen LogP contribution is 2.11. The minimum atomic E-state index is -3.06. The quantitative estimate of drug-likeness (QED) is 0.846. The highest BCUT2D eigenvalue weighted by molar-refractivity contribution is 7.89. The van der Waals surface area contributed by atoms with Gasteiger partial charge in [0.2, 0.25) is 0 Å². The van der Waals surface area contributed by atoms with E-state index in [1.807, 2.05) is 18.2 Å². The van der Waals surface area contributed by atoms with E-state index < -0.39 is 9.84 Å². The second-order valence-electron chi connectivity index (χ2n) is 5.22. The number of carbonyl (C=O) groups excluding carboxylic acids is 1. The lowest BCUT2D eigenvalue weighted by Crippen LogP contribution is -2.30. The van der Waals surface area contributed by atoms with E-state index in [9.17, 15) is 13.2 Å². The summed E-state index contributed by atoms with van der Waals surface area (Å²) in [4.78, 5) is 16.0. The lowest BCUT2D eigenvalue weighted by Gasteiger charge is -2.08. The largest absolute Gasteiger partial charge is 0.337 e. The zero-order chi connectivity index (χ0) is 16.7. The number of nitrogens with one attached hydrogen (secondary N) is 2. The van der Waals surface area contributed by atoms with Crippen LogP contribution in [0, 0.1) is 0 Å². The number of hydrogen-bond donors (Lipinski definition) is 2. The number of amides is 2. The Bertz CT molecular complexity index is 744. The van der Waals surface area contributed by atoms with Gasteiger partial charge in [-0.2, -0.15) is 0 Å². The maximum absolute atomic E-state index is 11.8. The monoisotopic (exact) mass is 333 g/mol. The van der Waals surface area contributed by atoms with Crippen molar-refractivity contribution in [3.05, 3.63) is 59.9 Å². The summed E-state index contributed by atoms with van der Waals surface area (Å²) in [7, 11) is -3.06. The molecule has 0 fully saturated rings. The first kappa shape index (κ1) is 17.0. The van der Waals surface area contributed by atoms with Crippen LogP contribution in [0.15, 0.2) is 48.7 Å². The van der Waals surface area contributed by atoms with E-state index >= 15 is 0 Å². The average molecular weight is 333 g/mol. The van der Waals surface area contributed by atoms with Gasteiger partial charge in [0.1, 0.15) is 0 Å². The zero-order valence-corrected chi connectivity index (χ0v) is 13.6. The Morgan fingerprint density at radius 2 is 1.87 bits per heavy atom. The van der Waals surface area contributed by atoms with Crippen LogP contribution < -0.4 is 10.6 Å². The van der Waals surface area contributed by atoms with Crippen LogP contribution in [0.1, 0.15) is 11.3 Å². The van der Waals surface area contributed by atoms with E-state index in [4.69, 9.17) is 0 Å². The van der Waals surface area contributed by atoms with Gasteiger partial charge < -0.3 is 10.6 Å². The van der Waals surface area contributed by atoms with Gasteiger partial charge in [0.15, 0.2) is 9.84 Å². The van der Waals surface area contributed by atoms with Crippen LogP contribution in [0.3, 0.4) is 0 Å². The van der Waals surface area contributed by atoms with Crippen LogP contribution in [0.25, 0.3) is 0 Å². The number of aromatic nitrogens is 1. The molecular weight excluding hydrogens is 314 g/mol. The number of pyridine rings is 1. The second kappa shape index (κ2) is 7.73. The van der Waals surface area contributed by atoms with Crippen molar-refractivity contribution in [1.29, 1.82) is 0 Å². The molecule has 1 heterocycles. The van der Waals surface area contributed by atoms with E-state index in [-0.39, 0.29) is 11.8 Å². The summed E-state index contributed by atoms with van der Waals surface area (Å²) in [6.07, 6.45) is 3.56. The van der Waals surface area contributed by atoms with Gasteiger partial charge in [0.05, 0.1) is 5.75 Å². The van der Waals surface area contributed by atoms with Gasteiger partial charge in [-0.25, -0.2) is 13.2 Å². The molecule has 0 aliphatic heterocycles. The molecule has 0 atom stereocenters. The number of hydrogen-bond acceptors (Lipinski definition) is 4. The fourth-order valence-electron chi connectivity index (χ4n) is 2.01. The summed E-state index contributed by atoms with van der Waals surface area (Å²) >= 11 is 0. The molecule has 2 rings (SSSR count). The first-order valence-corrected chi connectivity index (χ1v) is 9.20. The van der Waals surface area contributed by atoms with Gasteiger partial charge in [0.25, 0.3) is 0 Å². The van der Waals surface area contributed by atoms with E-state index in [0.717, 1.165) is 5.69 Å². The maximum Gasteiger partial charge on any atom is 0.319 e. The molecule has 1 aromatic heterocycles. The van der Waals surface area contributed by atoms with Crippen molar-refractivity contribution in [2.75, 3.05) is 18.1 Å². The molecule has 0 aliphatic rings. The topological polar surface area (TPSA) is 88.2 Å². The molecule has 2 N–H and O–H groups in total. The van der Waals surface area contributed by atoms with Crippen molar-refractivity contribution < 1.29 is 13.2 Å². The Morgan fingerprint density at radius 1 is 1.13 bits per heavy atom. The first-order chi connectivity index (χ1) is 10.9. The molecular formula is C16H19N3O3S. The standard InChI is InChI=1S/C16H19N3O3S/c1-23(21,22)12-13-5-7-15(8-6-13)19-16(20)18-11-9-14-4-2-3-10-17-14/h2-8,10H,9,11-12H2,1H3,(H2,18,19,20). The summed E-state index contributed by atoms with van der Waals surface area (Å²) in [6.45, 7) is 0.481. The summed E-state index contributed by atoms with van der Waals surface area (Å²) in [6, 6.07) is 12.1. The van der Waals surface area contributed by atoms with Gasteiger partial charge in [-0.05, 0) is 29.8 Å². The molecule has 2 aromatic rings. The molecule has 7 heteroatoms. The lowest BCUT2D eigenvalue weighted by molar-refractivity contribution is 0.252. The lowest BCUT2D eigenvalue weighted by atomic mass is 10.2. The molecule has 0 saturated heterocycles. The highest BCUT2D eigenvalue weighted by atomic mass is 32.2. The van der Waals surface area contributed by atoms with Crippen molar-refractivity contribution in [1.82, 2.24) is 10.3 Å². The van der Waals surface area contributed by atoms with Crippen LogP contribution >= 0.6 is 0 Å². The maximum atomic E-state index is 11.8. The van der Waals surface area contributed by atoms with Crippen molar-refractivity contribution >= 4 is 21.6 Å². The average Bonchev–Trinajstić information content (AvgIpc) is 2.49. The molecule has 23 heavy (non-hydrogen) atoms. The third-order valence-electron chi connectivity index (χ3n) is 3.03. The molecule has 0 aliphatic carbocycles. The molecule has 2 amide bonds. The number of benzene rings is 1. The fraction of sp³-hybridized carbons (Fsp3) is 0.250. The van der Waals surface area contributed by atoms with Crippen LogP contribution in [0.2, 0.25) is 0 Å². The van der Waals surface area contributed by atoms with E-state index in [1.165, 1.54) is 6.26 Å². The van der Waals surface area contributed by atoms with Crippen molar-refractivity contribution in [2.45, 2.75) is 12.2 Å².